The van der Waals surface area contributed by atoms with E-state index >= 15 is 0 Å². The molecule has 1 aromatic carbocycles. The summed E-state index contributed by atoms with van der Waals surface area (Å²) < 4.78 is 6.12. The van der Waals surface area contributed by atoms with Crippen LogP contribution in [0.15, 0.2) is 18.2 Å². The Morgan fingerprint density at radius 2 is 1.95 bits per heavy atom. The van der Waals surface area contributed by atoms with Gasteiger partial charge in [-0.3, -0.25) is 4.79 Å². The van der Waals surface area contributed by atoms with Gasteiger partial charge in [-0.15, -0.1) is 0 Å². The largest absolute Gasteiger partial charge is 0.543 e. The molecular formula is C14H21ClO3Si. The highest BCUT2D eigenvalue weighted by Gasteiger charge is 2.39. The van der Waals surface area contributed by atoms with Crippen LogP contribution in [0.5, 0.6) is 5.75 Å². The van der Waals surface area contributed by atoms with Crippen LogP contribution >= 0.6 is 11.6 Å². The third-order valence-electron chi connectivity index (χ3n) is 3.52. The summed E-state index contributed by atoms with van der Waals surface area (Å²) in [5.41, 5.74) is 0.681. The van der Waals surface area contributed by atoms with Crippen molar-refractivity contribution < 1.29 is 14.3 Å². The Kier molecular flexibility index (Phi) is 4.69. The monoisotopic (exact) mass is 300 g/mol. The molecule has 3 nitrogen and oxygen atoms in total. The topological polar surface area (TPSA) is 46.5 Å². The van der Waals surface area contributed by atoms with E-state index < -0.39 is 14.3 Å². The van der Waals surface area contributed by atoms with Crippen LogP contribution in [0.25, 0.3) is 0 Å². The molecule has 0 aliphatic rings. The maximum atomic E-state index is 10.7. The van der Waals surface area contributed by atoms with Crippen molar-refractivity contribution in [2.45, 2.75) is 45.3 Å². The van der Waals surface area contributed by atoms with Gasteiger partial charge in [0.05, 0.1) is 11.4 Å². The molecule has 0 unspecified atom stereocenters. The van der Waals surface area contributed by atoms with Crippen molar-refractivity contribution in [3.05, 3.63) is 28.8 Å². The molecule has 0 atom stereocenters. The van der Waals surface area contributed by atoms with Gasteiger partial charge >= 0.3 is 5.97 Å². The van der Waals surface area contributed by atoms with Crippen molar-refractivity contribution in [1.29, 1.82) is 0 Å². The second-order valence-electron chi connectivity index (χ2n) is 6.20. The molecule has 1 N–H and O–H groups in total. The molecule has 5 heteroatoms. The van der Waals surface area contributed by atoms with Gasteiger partial charge in [0.1, 0.15) is 5.75 Å². The smallest absolute Gasteiger partial charge is 0.307 e. The van der Waals surface area contributed by atoms with Gasteiger partial charge in [-0.2, -0.15) is 0 Å². The first-order valence-electron chi connectivity index (χ1n) is 6.22. The van der Waals surface area contributed by atoms with E-state index in [0.29, 0.717) is 16.3 Å². The number of carbonyl (C=O) groups is 1. The van der Waals surface area contributed by atoms with Crippen molar-refractivity contribution in [3.63, 3.8) is 0 Å². The van der Waals surface area contributed by atoms with Crippen molar-refractivity contribution in [3.8, 4) is 5.75 Å². The third kappa shape index (κ3) is 4.25. The van der Waals surface area contributed by atoms with Gasteiger partial charge in [-0.25, -0.2) is 0 Å². The Bertz CT molecular complexity index is 478. The van der Waals surface area contributed by atoms with Gasteiger partial charge in [-0.05, 0) is 35.8 Å². The Morgan fingerprint density at radius 1 is 1.37 bits per heavy atom. The van der Waals surface area contributed by atoms with Gasteiger partial charge in [0, 0.05) is 0 Å². The number of carboxylic acid groups (broad SMARTS) is 1. The number of carboxylic acids is 1. The van der Waals surface area contributed by atoms with E-state index in [2.05, 4.69) is 33.9 Å². The van der Waals surface area contributed by atoms with E-state index in [1.165, 1.54) is 0 Å². The second-order valence-corrected chi connectivity index (χ2v) is 11.3. The normalized spacial score (nSPS) is 12.3. The fraction of sp³-hybridized carbons (Fsp3) is 0.500. The van der Waals surface area contributed by atoms with E-state index in [1.54, 1.807) is 18.2 Å². The van der Waals surface area contributed by atoms with Gasteiger partial charge < -0.3 is 9.53 Å². The highest BCUT2D eigenvalue weighted by molar-refractivity contribution is 6.74. The van der Waals surface area contributed by atoms with Gasteiger partial charge in [-0.1, -0.05) is 38.4 Å². The molecule has 1 aromatic rings. The zero-order valence-electron chi connectivity index (χ0n) is 12.1. The molecule has 0 bridgehead atoms. The SMILES string of the molecule is CC(C)(C)[Si](C)(C)Oc1ccc(CC(=O)O)cc1Cl. The number of hydrogen-bond donors (Lipinski definition) is 1. The van der Waals surface area contributed by atoms with Crippen LogP contribution in [0.1, 0.15) is 26.3 Å². The number of halogens is 1. The lowest BCUT2D eigenvalue weighted by Crippen LogP contribution is -2.43. The molecule has 19 heavy (non-hydrogen) atoms. The molecule has 106 valence electrons. The van der Waals surface area contributed by atoms with Crippen LogP contribution in [0.4, 0.5) is 0 Å². The lowest BCUT2D eigenvalue weighted by atomic mass is 10.1. The molecular weight excluding hydrogens is 280 g/mol. The number of benzene rings is 1. The molecule has 0 radical (unpaired) electrons. The van der Waals surface area contributed by atoms with Crippen molar-refractivity contribution in [1.82, 2.24) is 0 Å². The van der Waals surface area contributed by atoms with Crippen molar-refractivity contribution in [2.75, 3.05) is 0 Å². The van der Waals surface area contributed by atoms with E-state index in [4.69, 9.17) is 21.1 Å². The summed E-state index contributed by atoms with van der Waals surface area (Å²) in [5, 5.41) is 9.32. The van der Waals surface area contributed by atoms with E-state index in [0.717, 1.165) is 0 Å². The molecule has 0 aliphatic heterocycles. The van der Waals surface area contributed by atoms with Crippen LogP contribution in [-0.2, 0) is 11.2 Å². The van der Waals surface area contributed by atoms with E-state index in [-0.39, 0.29) is 11.5 Å². The summed E-state index contributed by atoms with van der Waals surface area (Å²) in [6.07, 6.45) is -0.0277. The van der Waals surface area contributed by atoms with Gasteiger partial charge in [0.25, 0.3) is 8.32 Å². The van der Waals surface area contributed by atoms with Crippen molar-refractivity contribution >= 4 is 25.9 Å². The minimum atomic E-state index is -1.93. The second kappa shape index (κ2) is 5.55. The van der Waals surface area contributed by atoms with Gasteiger partial charge in [0.15, 0.2) is 0 Å². The van der Waals surface area contributed by atoms with Crippen LogP contribution in [-0.4, -0.2) is 19.4 Å². The van der Waals surface area contributed by atoms with E-state index in [9.17, 15) is 4.79 Å². The molecule has 0 amide bonds. The number of hydrogen-bond acceptors (Lipinski definition) is 2. The quantitative estimate of drug-likeness (QED) is 0.841. The molecule has 0 aliphatic carbocycles. The lowest BCUT2D eigenvalue weighted by Gasteiger charge is -2.36. The van der Waals surface area contributed by atoms with Crippen LogP contribution in [0.2, 0.25) is 23.2 Å². The average molecular weight is 301 g/mol. The summed E-state index contributed by atoms with van der Waals surface area (Å²) >= 11 is 6.17. The first-order valence-corrected chi connectivity index (χ1v) is 9.51. The molecule has 1 rings (SSSR count). The fourth-order valence-corrected chi connectivity index (χ4v) is 2.68. The van der Waals surface area contributed by atoms with Crippen molar-refractivity contribution in [2.24, 2.45) is 0 Å². The lowest BCUT2D eigenvalue weighted by molar-refractivity contribution is -0.136. The zero-order valence-corrected chi connectivity index (χ0v) is 13.8. The first-order chi connectivity index (χ1) is 8.53. The first kappa shape index (κ1) is 16.1. The third-order valence-corrected chi connectivity index (χ3v) is 8.16. The number of aliphatic carboxylic acids is 1. The molecule has 0 aromatic heterocycles. The summed E-state index contributed by atoms with van der Waals surface area (Å²) in [6.45, 7) is 10.8. The van der Waals surface area contributed by atoms with Crippen LogP contribution in [0.3, 0.4) is 0 Å². The Morgan fingerprint density at radius 3 is 2.37 bits per heavy atom. The maximum Gasteiger partial charge on any atom is 0.307 e. The molecule has 0 heterocycles. The maximum absolute atomic E-state index is 10.7. The zero-order chi connectivity index (χ0) is 14.8. The summed E-state index contributed by atoms with van der Waals surface area (Å²) in [4.78, 5) is 10.7. The highest BCUT2D eigenvalue weighted by atomic mass is 35.5. The predicted octanol–water partition coefficient (Wildman–Crippen LogP) is 4.35. The standard InChI is InChI=1S/C14H21ClO3Si/c1-14(2,3)19(4,5)18-12-7-6-10(8-11(12)15)9-13(16)17/h6-8H,9H2,1-5H3,(H,16,17). The molecule has 0 spiro atoms. The Balaban J connectivity index is 2.95. The average Bonchev–Trinajstić information content (AvgIpc) is 2.19. The molecule has 0 saturated carbocycles. The highest BCUT2D eigenvalue weighted by Crippen LogP contribution is 2.39. The summed E-state index contributed by atoms with van der Waals surface area (Å²) in [5.74, 6) is -0.225. The summed E-state index contributed by atoms with van der Waals surface area (Å²) in [6, 6.07) is 5.18. The summed E-state index contributed by atoms with van der Waals surface area (Å²) in [7, 11) is -1.93. The Labute approximate surface area is 120 Å². The van der Waals surface area contributed by atoms with Crippen LogP contribution < -0.4 is 4.43 Å². The number of rotatable bonds is 4. The molecule has 0 fully saturated rings. The minimum absolute atomic E-state index is 0.0277. The molecule has 0 saturated heterocycles. The predicted molar refractivity (Wildman–Crippen MR) is 80.6 cm³/mol. The Hall–Kier alpha value is -1.00. The van der Waals surface area contributed by atoms with E-state index in [1.807, 2.05) is 0 Å². The van der Waals surface area contributed by atoms with Gasteiger partial charge in [0.2, 0.25) is 0 Å². The minimum Gasteiger partial charge on any atom is -0.543 e. The fourth-order valence-electron chi connectivity index (χ4n) is 1.34. The van der Waals surface area contributed by atoms with Crippen LogP contribution in [0, 0.1) is 0 Å².